The summed E-state index contributed by atoms with van der Waals surface area (Å²) in [6.07, 6.45) is 8.65. The van der Waals surface area contributed by atoms with Gasteiger partial charge in [0.2, 0.25) is 0 Å². The summed E-state index contributed by atoms with van der Waals surface area (Å²) in [7, 11) is 0. The van der Waals surface area contributed by atoms with E-state index in [2.05, 4.69) is 44.1 Å². The minimum atomic E-state index is 0.882. The van der Waals surface area contributed by atoms with Crippen LogP contribution in [0.3, 0.4) is 0 Å². The molecule has 4 heteroatoms. The van der Waals surface area contributed by atoms with Crippen LogP contribution in [0.15, 0.2) is 55.2 Å². The smallest absolute Gasteiger partial charge is 0.0945 e. The number of imidazole rings is 1. The number of nitrogens with zero attached hydrogens (tertiary/aromatic N) is 3. The number of hydrogen-bond donors (Lipinski definition) is 1. The molecule has 3 rings (SSSR count). The van der Waals surface area contributed by atoms with Gasteiger partial charge in [-0.15, -0.1) is 0 Å². The highest BCUT2D eigenvalue weighted by Gasteiger charge is 2.00. The van der Waals surface area contributed by atoms with Crippen LogP contribution >= 0.6 is 0 Å². The molecule has 0 radical (unpaired) electrons. The molecule has 1 N–H and O–H groups in total. The molecule has 0 aliphatic carbocycles. The monoisotopic (exact) mass is 266 g/mol. The maximum atomic E-state index is 4.38. The molecule has 102 valence electrons. The lowest BCUT2D eigenvalue weighted by atomic mass is 10.1. The van der Waals surface area contributed by atoms with E-state index in [-0.39, 0.29) is 0 Å². The summed E-state index contributed by atoms with van der Waals surface area (Å²) in [6, 6.07) is 10.4. The molecule has 0 saturated heterocycles. The van der Waals surface area contributed by atoms with E-state index in [1.54, 1.807) is 0 Å². The largest absolute Gasteiger partial charge is 0.337 e. The first-order valence-electron chi connectivity index (χ1n) is 6.92. The Hall–Kier alpha value is -2.20. The first-order valence-corrected chi connectivity index (χ1v) is 6.92. The number of rotatable bonds is 6. The lowest BCUT2D eigenvalue weighted by Crippen LogP contribution is -2.16. The van der Waals surface area contributed by atoms with Crippen LogP contribution in [-0.4, -0.2) is 21.1 Å². The predicted molar refractivity (Wildman–Crippen MR) is 80.3 cm³/mol. The Bertz CT molecular complexity index is 656. The maximum Gasteiger partial charge on any atom is 0.0945 e. The van der Waals surface area contributed by atoms with Crippen LogP contribution in [0, 0.1) is 0 Å². The van der Waals surface area contributed by atoms with E-state index in [1.807, 2.05) is 31.0 Å². The average molecular weight is 266 g/mol. The molecular weight excluding hydrogens is 248 g/mol. The van der Waals surface area contributed by atoms with Crippen molar-refractivity contribution in [3.63, 3.8) is 0 Å². The van der Waals surface area contributed by atoms with E-state index in [1.165, 1.54) is 10.9 Å². The molecule has 0 atom stereocenters. The molecule has 1 aromatic carbocycles. The quantitative estimate of drug-likeness (QED) is 0.697. The van der Waals surface area contributed by atoms with Crippen LogP contribution in [0.5, 0.6) is 0 Å². The highest BCUT2D eigenvalue weighted by atomic mass is 15.0. The summed E-state index contributed by atoms with van der Waals surface area (Å²) in [6.45, 7) is 2.88. The lowest BCUT2D eigenvalue weighted by molar-refractivity contribution is 0.581. The molecule has 0 unspecified atom stereocenters. The summed E-state index contributed by atoms with van der Waals surface area (Å²) >= 11 is 0. The second-order valence-electron chi connectivity index (χ2n) is 4.82. The number of aromatic nitrogens is 3. The van der Waals surface area contributed by atoms with Gasteiger partial charge in [0.05, 0.1) is 11.8 Å². The average Bonchev–Trinajstić information content (AvgIpc) is 3.00. The first kappa shape index (κ1) is 12.8. The van der Waals surface area contributed by atoms with E-state index in [9.17, 15) is 0 Å². The molecule has 2 aromatic heterocycles. The van der Waals surface area contributed by atoms with Crippen molar-refractivity contribution < 1.29 is 0 Å². The van der Waals surface area contributed by atoms with Gasteiger partial charge in [0.1, 0.15) is 0 Å². The van der Waals surface area contributed by atoms with Gasteiger partial charge in [-0.3, -0.25) is 4.98 Å². The van der Waals surface area contributed by atoms with Crippen LogP contribution in [-0.2, 0) is 13.1 Å². The van der Waals surface area contributed by atoms with Crippen LogP contribution < -0.4 is 5.32 Å². The number of fused-ring (bicyclic) bond motifs is 1. The second kappa shape index (κ2) is 6.30. The van der Waals surface area contributed by atoms with Crippen molar-refractivity contribution in [2.24, 2.45) is 0 Å². The second-order valence-corrected chi connectivity index (χ2v) is 4.82. The fourth-order valence-electron chi connectivity index (χ4n) is 2.34. The summed E-state index contributed by atoms with van der Waals surface area (Å²) < 4.78 is 2.10. The zero-order valence-corrected chi connectivity index (χ0v) is 11.4. The Morgan fingerprint density at radius 2 is 2.05 bits per heavy atom. The molecular formula is C16H18N4. The number of hydrogen-bond acceptors (Lipinski definition) is 3. The van der Waals surface area contributed by atoms with Gasteiger partial charge >= 0.3 is 0 Å². The molecule has 0 bridgehead atoms. The maximum absolute atomic E-state index is 4.38. The van der Waals surface area contributed by atoms with Crippen LogP contribution in [0.1, 0.15) is 12.0 Å². The third kappa shape index (κ3) is 3.03. The van der Waals surface area contributed by atoms with E-state index < -0.39 is 0 Å². The van der Waals surface area contributed by atoms with E-state index in [4.69, 9.17) is 0 Å². The van der Waals surface area contributed by atoms with Gasteiger partial charge in [0, 0.05) is 37.1 Å². The van der Waals surface area contributed by atoms with Crippen LogP contribution in [0.2, 0.25) is 0 Å². The van der Waals surface area contributed by atoms with Crippen molar-refractivity contribution in [2.75, 3.05) is 6.54 Å². The number of pyridine rings is 1. The molecule has 3 aromatic rings. The van der Waals surface area contributed by atoms with Crippen LogP contribution in [0.4, 0.5) is 0 Å². The van der Waals surface area contributed by atoms with Crippen molar-refractivity contribution in [3.8, 4) is 0 Å². The topological polar surface area (TPSA) is 42.7 Å². The van der Waals surface area contributed by atoms with Crippen molar-refractivity contribution in [1.29, 1.82) is 0 Å². The number of nitrogens with one attached hydrogen (secondary N) is 1. The van der Waals surface area contributed by atoms with E-state index in [0.29, 0.717) is 0 Å². The molecule has 0 saturated carbocycles. The lowest BCUT2D eigenvalue weighted by Gasteiger charge is -2.08. The molecule has 0 amide bonds. The highest BCUT2D eigenvalue weighted by molar-refractivity contribution is 5.81. The summed E-state index contributed by atoms with van der Waals surface area (Å²) in [5, 5.41) is 4.73. The molecule has 4 nitrogen and oxygen atoms in total. The molecule has 2 heterocycles. The van der Waals surface area contributed by atoms with E-state index >= 15 is 0 Å². The Morgan fingerprint density at radius 1 is 1.10 bits per heavy atom. The van der Waals surface area contributed by atoms with Gasteiger partial charge in [-0.1, -0.05) is 18.2 Å². The number of para-hydroxylation sites is 1. The van der Waals surface area contributed by atoms with Gasteiger partial charge in [-0.2, -0.15) is 0 Å². The minimum absolute atomic E-state index is 0.882. The highest BCUT2D eigenvalue weighted by Crippen LogP contribution is 2.15. The molecule has 0 spiro atoms. The van der Waals surface area contributed by atoms with Gasteiger partial charge in [-0.05, 0) is 30.7 Å². The summed E-state index contributed by atoms with van der Waals surface area (Å²) in [5.74, 6) is 0. The third-order valence-corrected chi connectivity index (χ3v) is 3.38. The normalized spacial score (nSPS) is 11.0. The Balaban J connectivity index is 1.52. The molecule has 0 aliphatic heterocycles. The standard InChI is InChI=1S/C16H18N4/c1-2-5-16-15(4-1)14(6-8-19-16)12-17-7-3-10-20-11-9-18-13-20/h1-2,4-6,8-9,11,13,17H,3,7,10,12H2. The predicted octanol–water partition coefficient (Wildman–Crippen LogP) is 2.61. The van der Waals surface area contributed by atoms with Crippen molar-refractivity contribution in [1.82, 2.24) is 19.9 Å². The number of aryl methyl sites for hydroxylation is 1. The van der Waals surface area contributed by atoms with Gasteiger partial charge < -0.3 is 9.88 Å². The summed E-state index contributed by atoms with van der Waals surface area (Å²) in [4.78, 5) is 8.42. The van der Waals surface area contributed by atoms with Crippen LogP contribution in [0.25, 0.3) is 10.9 Å². The molecule has 20 heavy (non-hydrogen) atoms. The van der Waals surface area contributed by atoms with E-state index in [0.717, 1.165) is 31.6 Å². The molecule has 0 aliphatic rings. The van der Waals surface area contributed by atoms with Crippen molar-refractivity contribution in [2.45, 2.75) is 19.5 Å². The Kier molecular flexibility index (Phi) is 4.04. The SMILES string of the molecule is c1ccc2c(CNCCCn3ccnc3)ccnc2c1. The Labute approximate surface area is 118 Å². The minimum Gasteiger partial charge on any atom is -0.337 e. The zero-order valence-electron chi connectivity index (χ0n) is 11.4. The van der Waals surface area contributed by atoms with Crippen molar-refractivity contribution in [3.05, 3.63) is 60.8 Å². The third-order valence-electron chi connectivity index (χ3n) is 3.38. The molecule has 0 fully saturated rings. The number of benzene rings is 1. The fourth-order valence-corrected chi connectivity index (χ4v) is 2.34. The van der Waals surface area contributed by atoms with Gasteiger partial charge in [-0.25, -0.2) is 4.98 Å². The zero-order chi connectivity index (χ0) is 13.6. The fraction of sp³-hybridized carbons (Fsp3) is 0.250. The van der Waals surface area contributed by atoms with Crippen molar-refractivity contribution >= 4 is 10.9 Å². The van der Waals surface area contributed by atoms with Gasteiger partial charge in [0.15, 0.2) is 0 Å². The summed E-state index contributed by atoms with van der Waals surface area (Å²) in [5.41, 5.74) is 2.36. The Morgan fingerprint density at radius 3 is 2.95 bits per heavy atom. The first-order chi connectivity index (χ1) is 9.93. The van der Waals surface area contributed by atoms with Gasteiger partial charge in [0.25, 0.3) is 0 Å².